The van der Waals surface area contributed by atoms with Crippen LogP contribution in [0.4, 0.5) is 10.1 Å². The van der Waals surface area contributed by atoms with Crippen molar-refractivity contribution in [1.82, 2.24) is 9.80 Å². The molecule has 0 N–H and O–H groups in total. The van der Waals surface area contributed by atoms with Crippen LogP contribution in [0.1, 0.15) is 5.56 Å². The van der Waals surface area contributed by atoms with Crippen LogP contribution in [0.25, 0.3) is 0 Å². The molecule has 112 valence electrons. The summed E-state index contributed by atoms with van der Waals surface area (Å²) in [6, 6.07) is 5.09. The second-order valence-corrected chi connectivity index (χ2v) is 6.10. The molecule has 0 atom stereocenters. The molecule has 20 heavy (non-hydrogen) atoms. The predicted molar refractivity (Wildman–Crippen MR) is 86.2 cm³/mol. The summed E-state index contributed by atoms with van der Waals surface area (Å²) in [4.78, 5) is 7.07. The molecule has 0 unspecified atom stereocenters. The van der Waals surface area contributed by atoms with Crippen molar-refractivity contribution >= 4 is 21.6 Å². The lowest BCUT2D eigenvalue weighted by atomic mass is 10.1. The van der Waals surface area contributed by atoms with Crippen LogP contribution >= 0.6 is 15.9 Å². The Morgan fingerprint density at radius 3 is 2.50 bits per heavy atom. The summed E-state index contributed by atoms with van der Waals surface area (Å²) in [5, 5.41) is 0.695. The van der Waals surface area contributed by atoms with Gasteiger partial charge in [-0.05, 0) is 37.9 Å². The summed E-state index contributed by atoms with van der Waals surface area (Å²) >= 11 is 3.45. The van der Waals surface area contributed by atoms with E-state index in [9.17, 15) is 4.39 Å². The average Bonchev–Trinajstić information content (AvgIpc) is 2.45. The lowest BCUT2D eigenvalue weighted by Gasteiger charge is -2.37. The number of likely N-dealkylation sites (N-methyl/N-ethyl adjacent to an activating group) is 1. The van der Waals surface area contributed by atoms with E-state index in [1.54, 1.807) is 12.1 Å². The van der Waals surface area contributed by atoms with Crippen LogP contribution in [0.3, 0.4) is 0 Å². The number of hydrogen-bond acceptors (Lipinski definition) is 3. The molecule has 3 nitrogen and oxygen atoms in total. The van der Waals surface area contributed by atoms with Gasteiger partial charge in [-0.15, -0.1) is 0 Å². The van der Waals surface area contributed by atoms with E-state index >= 15 is 0 Å². The fourth-order valence-electron chi connectivity index (χ4n) is 2.52. The summed E-state index contributed by atoms with van der Waals surface area (Å²) in [7, 11) is 4.22. The molecule has 2 rings (SSSR count). The van der Waals surface area contributed by atoms with E-state index in [1.165, 1.54) is 0 Å². The Hall–Kier alpha value is -0.650. The van der Waals surface area contributed by atoms with Crippen molar-refractivity contribution in [2.45, 2.75) is 5.33 Å². The van der Waals surface area contributed by atoms with Crippen molar-refractivity contribution in [2.75, 3.05) is 58.3 Å². The minimum Gasteiger partial charge on any atom is -0.369 e. The smallest absolute Gasteiger partial charge is 0.123 e. The number of rotatable bonds is 5. The Morgan fingerprint density at radius 1 is 1.20 bits per heavy atom. The molecule has 1 saturated heterocycles. The van der Waals surface area contributed by atoms with E-state index in [0.717, 1.165) is 50.5 Å². The molecule has 5 heteroatoms. The Bertz CT molecular complexity index is 431. The standard InChI is InChI=1S/C15H23BrFN3/c1-18(2)5-6-19-7-9-20(10-8-19)15-4-3-14(17)11-13(15)12-16/h3-4,11H,5-10,12H2,1-2H3. The van der Waals surface area contributed by atoms with E-state index in [2.05, 4.69) is 44.7 Å². The van der Waals surface area contributed by atoms with Crippen molar-refractivity contribution in [3.8, 4) is 0 Å². The van der Waals surface area contributed by atoms with Crippen LogP contribution in [-0.2, 0) is 5.33 Å². The van der Waals surface area contributed by atoms with Crippen molar-refractivity contribution < 1.29 is 4.39 Å². The van der Waals surface area contributed by atoms with Gasteiger partial charge < -0.3 is 9.80 Å². The van der Waals surface area contributed by atoms with E-state index in [1.807, 2.05) is 6.07 Å². The number of alkyl halides is 1. The number of benzene rings is 1. The highest BCUT2D eigenvalue weighted by atomic mass is 79.9. The molecule has 0 aromatic heterocycles. The zero-order chi connectivity index (χ0) is 14.5. The quantitative estimate of drug-likeness (QED) is 0.760. The molecule has 0 radical (unpaired) electrons. The number of anilines is 1. The van der Waals surface area contributed by atoms with Gasteiger partial charge in [-0.2, -0.15) is 0 Å². The van der Waals surface area contributed by atoms with Crippen LogP contribution < -0.4 is 4.90 Å². The third-order valence-corrected chi connectivity index (χ3v) is 4.37. The van der Waals surface area contributed by atoms with Gasteiger partial charge in [-0.3, -0.25) is 4.90 Å². The van der Waals surface area contributed by atoms with Crippen LogP contribution in [0.2, 0.25) is 0 Å². The summed E-state index contributed by atoms with van der Waals surface area (Å²) in [6.07, 6.45) is 0. The van der Waals surface area contributed by atoms with Crippen LogP contribution in [-0.4, -0.2) is 63.2 Å². The van der Waals surface area contributed by atoms with Crippen molar-refractivity contribution in [3.05, 3.63) is 29.6 Å². The zero-order valence-electron chi connectivity index (χ0n) is 12.3. The highest BCUT2D eigenvalue weighted by molar-refractivity contribution is 9.08. The Balaban J connectivity index is 1.93. The minimum absolute atomic E-state index is 0.159. The molecule has 1 aliphatic rings. The van der Waals surface area contributed by atoms with Crippen molar-refractivity contribution in [1.29, 1.82) is 0 Å². The third-order valence-electron chi connectivity index (χ3n) is 3.76. The molecule has 1 fully saturated rings. The fourth-order valence-corrected chi connectivity index (χ4v) is 2.97. The van der Waals surface area contributed by atoms with Crippen LogP contribution in [0, 0.1) is 5.82 Å². The van der Waals surface area contributed by atoms with E-state index < -0.39 is 0 Å². The first kappa shape index (κ1) is 15.7. The number of nitrogens with zero attached hydrogens (tertiary/aromatic N) is 3. The molecule has 0 amide bonds. The lowest BCUT2D eigenvalue weighted by molar-refractivity contribution is 0.229. The van der Waals surface area contributed by atoms with E-state index in [0.29, 0.717) is 5.33 Å². The Labute approximate surface area is 129 Å². The summed E-state index contributed by atoms with van der Waals surface area (Å²) < 4.78 is 13.3. The van der Waals surface area contributed by atoms with Gasteiger partial charge in [-0.1, -0.05) is 15.9 Å². The number of hydrogen-bond donors (Lipinski definition) is 0. The first-order chi connectivity index (χ1) is 9.60. The topological polar surface area (TPSA) is 9.72 Å². The molecular weight excluding hydrogens is 321 g/mol. The zero-order valence-corrected chi connectivity index (χ0v) is 13.9. The van der Waals surface area contributed by atoms with Gasteiger partial charge in [0.25, 0.3) is 0 Å². The van der Waals surface area contributed by atoms with Crippen molar-refractivity contribution in [2.24, 2.45) is 0 Å². The number of halogens is 2. The minimum atomic E-state index is -0.159. The predicted octanol–water partition coefficient (Wildman–Crippen LogP) is 2.40. The monoisotopic (exact) mass is 343 g/mol. The first-order valence-corrected chi connectivity index (χ1v) is 8.18. The third kappa shape index (κ3) is 4.17. The molecule has 0 bridgehead atoms. The number of piperazine rings is 1. The lowest BCUT2D eigenvalue weighted by Crippen LogP contribution is -2.48. The van der Waals surface area contributed by atoms with E-state index in [4.69, 9.17) is 0 Å². The first-order valence-electron chi connectivity index (χ1n) is 7.06. The van der Waals surface area contributed by atoms with Gasteiger partial charge in [0.2, 0.25) is 0 Å². The molecule has 0 saturated carbocycles. The van der Waals surface area contributed by atoms with Gasteiger partial charge in [0.1, 0.15) is 5.82 Å². The normalized spacial score (nSPS) is 16.9. The second-order valence-electron chi connectivity index (χ2n) is 5.54. The molecular formula is C15H23BrFN3. The maximum Gasteiger partial charge on any atom is 0.123 e. The molecule has 0 aliphatic carbocycles. The summed E-state index contributed by atoms with van der Waals surface area (Å²) in [5.41, 5.74) is 2.20. The van der Waals surface area contributed by atoms with Gasteiger partial charge in [0.05, 0.1) is 0 Å². The van der Waals surface area contributed by atoms with Gasteiger partial charge in [0.15, 0.2) is 0 Å². The molecule has 1 aliphatic heterocycles. The molecule has 1 heterocycles. The Morgan fingerprint density at radius 2 is 1.90 bits per heavy atom. The molecule has 1 aromatic carbocycles. The second kappa shape index (κ2) is 7.38. The van der Waals surface area contributed by atoms with Crippen LogP contribution in [0.5, 0.6) is 0 Å². The largest absolute Gasteiger partial charge is 0.369 e. The van der Waals surface area contributed by atoms with Crippen LogP contribution in [0.15, 0.2) is 18.2 Å². The maximum absolute atomic E-state index is 13.3. The highest BCUT2D eigenvalue weighted by Crippen LogP contribution is 2.25. The van der Waals surface area contributed by atoms with Gasteiger partial charge in [-0.25, -0.2) is 4.39 Å². The summed E-state index contributed by atoms with van der Waals surface area (Å²) in [5.74, 6) is -0.159. The summed E-state index contributed by atoms with van der Waals surface area (Å²) in [6.45, 7) is 6.40. The maximum atomic E-state index is 13.3. The highest BCUT2D eigenvalue weighted by Gasteiger charge is 2.19. The SMILES string of the molecule is CN(C)CCN1CCN(c2ccc(F)cc2CBr)CC1. The fraction of sp³-hybridized carbons (Fsp3) is 0.600. The average molecular weight is 344 g/mol. The van der Waals surface area contributed by atoms with Gasteiger partial charge >= 0.3 is 0 Å². The van der Waals surface area contributed by atoms with Crippen molar-refractivity contribution in [3.63, 3.8) is 0 Å². The molecule has 1 aromatic rings. The molecule has 0 spiro atoms. The van der Waals surface area contributed by atoms with E-state index in [-0.39, 0.29) is 5.82 Å². The van der Waals surface area contributed by atoms with Gasteiger partial charge in [0, 0.05) is 50.3 Å². The Kier molecular flexibility index (Phi) is 5.81.